The molecule has 1 atom stereocenters. The molecule has 0 aliphatic carbocycles. The van der Waals surface area contributed by atoms with E-state index in [9.17, 15) is 10.2 Å². The third kappa shape index (κ3) is 4.02. The van der Waals surface area contributed by atoms with Crippen molar-refractivity contribution in [3.63, 3.8) is 0 Å². The van der Waals surface area contributed by atoms with Crippen LogP contribution in [0.5, 0.6) is 5.75 Å². The first-order valence-electron chi connectivity index (χ1n) is 10.7. The first kappa shape index (κ1) is 21.3. The van der Waals surface area contributed by atoms with Crippen LogP contribution in [0.15, 0.2) is 53.2 Å². The van der Waals surface area contributed by atoms with E-state index in [0.29, 0.717) is 35.1 Å². The van der Waals surface area contributed by atoms with E-state index in [1.54, 1.807) is 12.4 Å². The molecule has 0 aliphatic heterocycles. The Hall–Kier alpha value is -2.93. The topological polar surface area (TPSA) is 90.6 Å². The number of furan rings is 1. The maximum absolute atomic E-state index is 11.5. The summed E-state index contributed by atoms with van der Waals surface area (Å²) in [6, 6.07) is 11.6. The normalized spacial score (nSPS) is 12.8. The molecule has 1 unspecified atom stereocenters. The molecule has 0 radical (unpaired) electrons. The van der Waals surface area contributed by atoms with Gasteiger partial charge in [-0.1, -0.05) is 38.1 Å². The highest BCUT2D eigenvalue weighted by Gasteiger charge is 2.27. The number of pyridine rings is 1. The Morgan fingerprint density at radius 1 is 1.00 bits per heavy atom. The Bertz CT molecular complexity index is 1190. The van der Waals surface area contributed by atoms with Gasteiger partial charge in [0.2, 0.25) is 0 Å². The molecule has 4 N–H and O–H groups in total. The van der Waals surface area contributed by atoms with Crippen LogP contribution < -0.4 is 10.6 Å². The van der Waals surface area contributed by atoms with Crippen molar-refractivity contribution >= 4 is 21.7 Å². The van der Waals surface area contributed by atoms with Crippen LogP contribution in [0, 0.1) is 6.92 Å². The molecule has 4 rings (SSSR count). The van der Waals surface area contributed by atoms with E-state index in [2.05, 4.69) is 29.5 Å². The fraction of sp³-hybridized carbons (Fsp3) is 0.320. The molecule has 0 saturated carbocycles. The number of nitrogens with one attached hydrogen (secondary N) is 2. The fourth-order valence-corrected chi connectivity index (χ4v) is 4.20. The summed E-state index contributed by atoms with van der Waals surface area (Å²) in [6.07, 6.45) is 3.50. The number of aliphatic hydroxyl groups excluding tert-OH is 1. The number of phenolic OH excluding ortho intramolecular Hbond substituents is 1. The third-order valence-corrected chi connectivity index (χ3v) is 5.67. The molecule has 2 heterocycles. The molecule has 0 bridgehead atoms. The number of phenols is 1. The second-order valence-corrected chi connectivity index (χ2v) is 8.08. The maximum atomic E-state index is 11.5. The Kier molecular flexibility index (Phi) is 6.23. The predicted octanol–water partition coefficient (Wildman–Crippen LogP) is 4.16. The van der Waals surface area contributed by atoms with Gasteiger partial charge in [-0.2, -0.15) is 0 Å². The van der Waals surface area contributed by atoms with Gasteiger partial charge in [0.05, 0.1) is 12.6 Å². The van der Waals surface area contributed by atoms with Crippen molar-refractivity contribution in [3.05, 3.63) is 71.2 Å². The average molecular weight is 420 g/mol. The Labute approximate surface area is 181 Å². The second kappa shape index (κ2) is 9.06. The molecular formula is C25H29N3O3. The minimum atomic E-state index is -0.300. The van der Waals surface area contributed by atoms with Gasteiger partial charge in [-0.25, -0.2) is 0 Å². The maximum Gasteiger partial charge on any atom is 0.143 e. The number of hydrogen-bond acceptors (Lipinski definition) is 6. The summed E-state index contributed by atoms with van der Waals surface area (Å²) in [6.45, 7) is 7.39. The Morgan fingerprint density at radius 3 is 2.35 bits per heavy atom. The van der Waals surface area contributed by atoms with Crippen molar-refractivity contribution in [3.8, 4) is 5.75 Å². The van der Waals surface area contributed by atoms with Crippen molar-refractivity contribution in [2.45, 2.75) is 39.5 Å². The smallest absolute Gasteiger partial charge is 0.143 e. The molecule has 31 heavy (non-hydrogen) atoms. The van der Waals surface area contributed by atoms with E-state index in [4.69, 9.17) is 4.42 Å². The molecular weight excluding hydrogens is 390 g/mol. The van der Waals surface area contributed by atoms with E-state index in [1.807, 2.05) is 43.3 Å². The summed E-state index contributed by atoms with van der Waals surface area (Å²) < 4.78 is 6.12. The van der Waals surface area contributed by atoms with Gasteiger partial charge in [0.25, 0.3) is 0 Å². The molecule has 2 aromatic heterocycles. The number of aliphatic hydroxyl groups is 1. The third-order valence-electron chi connectivity index (χ3n) is 5.67. The van der Waals surface area contributed by atoms with Crippen LogP contribution in [0.25, 0.3) is 21.7 Å². The lowest BCUT2D eigenvalue weighted by atomic mass is 9.90. The standard InChI is InChI=1S/C25H29N3O3/c1-15(2)27-12-13-28-23(17-8-10-26-11-9-17)22-21-20(14-29)16(3)31-25(21)19-7-5-4-6-18(19)24(22)30/h4-11,15,23,27-30H,12-14H2,1-3H3. The van der Waals surface area contributed by atoms with Gasteiger partial charge in [-0.05, 0) is 24.6 Å². The first-order valence-corrected chi connectivity index (χ1v) is 10.7. The van der Waals surface area contributed by atoms with Crippen molar-refractivity contribution < 1.29 is 14.6 Å². The zero-order chi connectivity index (χ0) is 22.0. The zero-order valence-corrected chi connectivity index (χ0v) is 18.1. The first-order chi connectivity index (χ1) is 15.0. The average Bonchev–Trinajstić information content (AvgIpc) is 3.11. The van der Waals surface area contributed by atoms with E-state index in [0.717, 1.165) is 28.3 Å². The van der Waals surface area contributed by atoms with Crippen LogP contribution in [0.3, 0.4) is 0 Å². The summed E-state index contributed by atoms with van der Waals surface area (Å²) in [7, 11) is 0. The summed E-state index contributed by atoms with van der Waals surface area (Å²) in [5.74, 6) is 0.856. The fourth-order valence-electron chi connectivity index (χ4n) is 4.20. The minimum Gasteiger partial charge on any atom is -0.507 e. The molecule has 6 heteroatoms. The van der Waals surface area contributed by atoms with Gasteiger partial charge in [0.15, 0.2) is 0 Å². The highest BCUT2D eigenvalue weighted by molar-refractivity contribution is 6.11. The summed E-state index contributed by atoms with van der Waals surface area (Å²) >= 11 is 0. The van der Waals surface area contributed by atoms with E-state index < -0.39 is 0 Å². The number of nitrogens with zero attached hydrogens (tertiary/aromatic N) is 1. The van der Waals surface area contributed by atoms with Gasteiger partial charge in [0.1, 0.15) is 17.1 Å². The van der Waals surface area contributed by atoms with Crippen LogP contribution in [0.1, 0.15) is 42.3 Å². The largest absolute Gasteiger partial charge is 0.507 e. The van der Waals surface area contributed by atoms with Crippen LogP contribution in [0.4, 0.5) is 0 Å². The molecule has 162 valence electrons. The molecule has 2 aromatic carbocycles. The second-order valence-electron chi connectivity index (χ2n) is 8.08. The van der Waals surface area contributed by atoms with Crippen LogP contribution in [0.2, 0.25) is 0 Å². The van der Waals surface area contributed by atoms with Crippen molar-refractivity contribution in [1.82, 2.24) is 15.6 Å². The van der Waals surface area contributed by atoms with E-state index in [1.165, 1.54) is 0 Å². The Morgan fingerprint density at radius 2 is 1.68 bits per heavy atom. The molecule has 6 nitrogen and oxygen atoms in total. The number of aromatic nitrogens is 1. The zero-order valence-electron chi connectivity index (χ0n) is 18.1. The van der Waals surface area contributed by atoms with E-state index in [-0.39, 0.29) is 18.4 Å². The summed E-state index contributed by atoms with van der Waals surface area (Å²) in [5.41, 5.74) is 3.08. The molecule has 0 aliphatic rings. The van der Waals surface area contributed by atoms with Gasteiger partial charge >= 0.3 is 0 Å². The number of aryl methyl sites for hydroxylation is 1. The van der Waals surface area contributed by atoms with Crippen LogP contribution >= 0.6 is 0 Å². The molecule has 0 saturated heterocycles. The van der Waals surface area contributed by atoms with Crippen molar-refractivity contribution in [2.24, 2.45) is 0 Å². The lowest BCUT2D eigenvalue weighted by Gasteiger charge is -2.23. The van der Waals surface area contributed by atoms with Crippen molar-refractivity contribution in [1.29, 1.82) is 0 Å². The molecule has 0 spiro atoms. The number of hydrogen-bond donors (Lipinski definition) is 4. The summed E-state index contributed by atoms with van der Waals surface area (Å²) in [5, 5.41) is 30.9. The highest BCUT2D eigenvalue weighted by Crippen LogP contribution is 2.45. The van der Waals surface area contributed by atoms with Gasteiger partial charge in [0, 0.05) is 58.8 Å². The lowest BCUT2D eigenvalue weighted by Crippen LogP contribution is -2.34. The number of aromatic hydroxyl groups is 1. The molecule has 0 fully saturated rings. The highest BCUT2D eigenvalue weighted by atomic mass is 16.3. The predicted molar refractivity (Wildman–Crippen MR) is 123 cm³/mol. The SMILES string of the molecule is Cc1oc2c(c1CO)c(C(NCCNC(C)C)c1ccncc1)c(O)c1ccccc12. The van der Waals surface area contributed by atoms with Gasteiger partial charge in [-0.3, -0.25) is 4.98 Å². The number of fused-ring (bicyclic) bond motifs is 3. The summed E-state index contributed by atoms with van der Waals surface area (Å²) in [4.78, 5) is 4.15. The van der Waals surface area contributed by atoms with Gasteiger partial charge < -0.3 is 25.3 Å². The van der Waals surface area contributed by atoms with E-state index >= 15 is 0 Å². The number of rotatable bonds is 8. The molecule has 4 aromatic rings. The molecule has 0 amide bonds. The number of benzene rings is 2. The monoisotopic (exact) mass is 419 g/mol. The van der Waals surface area contributed by atoms with Crippen LogP contribution in [-0.4, -0.2) is 34.3 Å². The van der Waals surface area contributed by atoms with Crippen molar-refractivity contribution in [2.75, 3.05) is 13.1 Å². The Balaban J connectivity index is 1.95. The minimum absolute atomic E-state index is 0.165. The van der Waals surface area contributed by atoms with Crippen LogP contribution in [-0.2, 0) is 6.61 Å². The van der Waals surface area contributed by atoms with Gasteiger partial charge in [-0.15, -0.1) is 0 Å². The lowest BCUT2D eigenvalue weighted by molar-refractivity contribution is 0.280. The quantitative estimate of drug-likeness (QED) is 0.321.